The van der Waals surface area contributed by atoms with Crippen molar-refractivity contribution in [1.29, 1.82) is 0 Å². The first-order chi connectivity index (χ1) is 13.7. The Bertz CT molecular complexity index is 147. The molecule has 0 rings (SSSR count). The van der Waals surface area contributed by atoms with Crippen molar-refractivity contribution in [1.82, 2.24) is 21.3 Å². The van der Waals surface area contributed by atoms with Crippen LogP contribution in [-0.4, -0.2) is 105 Å². The van der Waals surface area contributed by atoms with Gasteiger partial charge in [-0.05, 0) is 0 Å². The first-order valence-electron chi connectivity index (χ1n) is 10.1. The summed E-state index contributed by atoms with van der Waals surface area (Å²) in [5.74, 6) is 0. The van der Waals surface area contributed by atoms with Crippen molar-refractivity contribution >= 4 is 0 Å². The molecule has 0 aromatic rings. The summed E-state index contributed by atoms with van der Waals surface area (Å²) < 4.78 is 0. The maximum atomic E-state index is 5.17. The molecule has 0 aliphatic carbocycles. The number of rotatable bonds is 16. The van der Waals surface area contributed by atoms with Crippen LogP contribution in [0.2, 0.25) is 0 Å². The first kappa shape index (κ1) is 53.1. The molecule has 12 heteroatoms. The Labute approximate surface area is 202 Å². The van der Waals surface area contributed by atoms with Crippen LogP contribution >= 0.6 is 0 Å². The molecule has 0 spiro atoms. The van der Waals surface area contributed by atoms with Crippen LogP contribution in [-0.2, 0) is 0 Å². The quantitative estimate of drug-likeness (QED) is 0.0969. The van der Waals surface area contributed by atoms with E-state index in [0.29, 0.717) is 52.4 Å². The smallest absolute Gasteiger partial charge is 0.00750 e. The fraction of sp³-hybridized carbons (Fsp3) is 1.00. The largest absolute Gasteiger partial charge is 0.329 e. The van der Waals surface area contributed by atoms with Crippen molar-refractivity contribution in [2.75, 3.05) is 105 Å². The lowest BCUT2D eigenvalue weighted by Crippen LogP contribution is -2.27. The van der Waals surface area contributed by atoms with E-state index in [4.69, 9.17) is 45.9 Å². The number of nitrogens with one attached hydrogen (secondary N) is 4. The molecule has 0 radical (unpaired) electrons. The van der Waals surface area contributed by atoms with Crippen LogP contribution in [0.3, 0.4) is 0 Å². The Morgan fingerprint density at radius 2 is 0.344 bits per heavy atom. The van der Waals surface area contributed by atoms with Gasteiger partial charge in [0, 0.05) is 105 Å². The Morgan fingerprint density at radius 1 is 0.250 bits per heavy atom. The summed E-state index contributed by atoms with van der Waals surface area (Å²) in [5.41, 5.74) is 41.3. The first-order valence-corrected chi connectivity index (χ1v) is 10.1. The Morgan fingerprint density at radius 3 is 0.406 bits per heavy atom. The monoisotopic (exact) mass is 477 g/mol. The second kappa shape index (κ2) is 69.8. The van der Waals surface area contributed by atoms with E-state index in [-0.39, 0.29) is 29.7 Å². The molecule has 0 atom stereocenters. The van der Waals surface area contributed by atoms with E-state index in [1.54, 1.807) is 0 Å². The molecule has 0 saturated heterocycles. The van der Waals surface area contributed by atoms with Gasteiger partial charge in [-0.3, -0.25) is 0 Å². The lowest BCUT2D eigenvalue weighted by molar-refractivity contribution is 0.696. The van der Waals surface area contributed by atoms with Crippen molar-refractivity contribution < 1.29 is 0 Å². The summed E-state index contributed by atoms with van der Waals surface area (Å²) in [6.45, 7) is 12.5. The summed E-state index contributed by atoms with van der Waals surface area (Å²) in [6.07, 6.45) is 0. The van der Waals surface area contributed by atoms with Crippen LogP contribution < -0.4 is 67.1 Å². The zero-order chi connectivity index (χ0) is 22.1. The molecule has 0 aliphatic rings. The highest BCUT2D eigenvalue weighted by Crippen LogP contribution is 1.51. The van der Waals surface area contributed by atoms with Gasteiger partial charge < -0.3 is 67.1 Å². The van der Waals surface area contributed by atoms with E-state index in [9.17, 15) is 0 Å². The molecule has 0 saturated carbocycles. The molecule has 0 aromatic carbocycles. The average molecular weight is 477 g/mol. The van der Waals surface area contributed by atoms with E-state index < -0.39 is 0 Å². The highest BCUT2D eigenvalue weighted by atomic mass is 14.9. The van der Waals surface area contributed by atoms with Gasteiger partial charge in [0.1, 0.15) is 0 Å². The summed E-state index contributed by atoms with van der Waals surface area (Å²) in [5, 5.41) is 12.1. The molecular weight excluding hydrogens is 408 g/mol. The molecule has 0 bridgehead atoms. The molecule has 0 heterocycles. The second-order valence-electron chi connectivity index (χ2n) is 5.31. The maximum absolute atomic E-state index is 5.17. The van der Waals surface area contributed by atoms with E-state index in [0.717, 1.165) is 52.4 Å². The lowest BCUT2D eigenvalue weighted by atomic mass is 10.6. The van der Waals surface area contributed by atoms with Gasteiger partial charge in [0.2, 0.25) is 0 Å². The summed E-state index contributed by atoms with van der Waals surface area (Å²) in [4.78, 5) is 0. The van der Waals surface area contributed by atoms with E-state index in [1.807, 2.05) is 0 Å². The summed E-state index contributed by atoms with van der Waals surface area (Å²) in [7, 11) is 0. The normalized spacial score (nSPS) is 8.25. The van der Waals surface area contributed by atoms with Gasteiger partial charge in [-0.25, -0.2) is 0 Å². The van der Waals surface area contributed by atoms with Crippen LogP contribution in [0.25, 0.3) is 0 Å². The topological polar surface area (TPSA) is 256 Å². The van der Waals surface area contributed by atoms with E-state index >= 15 is 0 Å². The molecule has 0 aromatic heterocycles. The molecular formula is C20H68N12. The van der Waals surface area contributed by atoms with Gasteiger partial charge in [0.25, 0.3) is 0 Å². The molecule has 208 valence electrons. The molecule has 0 aliphatic heterocycles. The molecule has 20 N–H and O–H groups in total. The van der Waals surface area contributed by atoms with Crippen LogP contribution in [0.15, 0.2) is 0 Å². The molecule has 0 amide bonds. The van der Waals surface area contributed by atoms with E-state index in [2.05, 4.69) is 21.3 Å². The van der Waals surface area contributed by atoms with Crippen molar-refractivity contribution in [2.45, 2.75) is 29.7 Å². The zero-order valence-corrected chi connectivity index (χ0v) is 17.9. The SMILES string of the molecule is C.C.C.C.NCCNCCN.NCCNCCN.NCCNCCN.NCCNCCN. The van der Waals surface area contributed by atoms with Crippen LogP contribution in [0.5, 0.6) is 0 Å². The molecule has 0 unspecified atom stereocenters. The standard InChI is InChI=1S/4C4H13N3.4CH4/c4*5-1-3-7-4-2-6;;;;/h4*7H,1-6H2;4*1H4. The third kappa shape index (κ3) is 99.7. The number of hydrogen-bond acceptors (Lipinski definition) is 12. The predicted molar refractivity (Wildman–Crippen MR) is 151 cm³/mol. The Kier molecular flexibility index (Phi) is 116. The molecule has 32 heavy (non-hydrogen) atoms. The van der Waals surface area contributed by atoms with Gasteiger partial charge in [-0.2, -0.15) is 0 Å². The minimum atomic E-state index is 0. The van der Waals surface area contributed by atoms with Gasteiger partial charge in [0.05, 0.1) is 0 Å². The summed E-state index contributed by atoms with van der Waals surface area (Å²) >= 11 is 0. The van der Waals surface area contributed by atoms with Crippen LogP contribution in [0, 0.1) is 0 Å². The van der Waals surface area contributed by atoms with Gasteiger partial charge in [-0.15, -0.1) is 0 Å². The van der Waals surface area contributed by atoms with Crippen molar-refractivity contribution in [3.05, 3.63) is 0 Å². The van der Waals surface area contributed by atoms with Gasteiger partial charge >= 0.3 is 0 Å². The van der Waals surface area contributed by atoms with Crippen molar-refractivity contribution in [3.63, 3.8) is 0 Å². The fourth-order valence-corrected chi connectivity index (χ4v) is 1.32. The van der Waals surface area contributed by atoms with Crippen LogP contribution in [0.4, 0.5) is 0 Å². The minimum absolute atomic E-state index is 0. The Balaban J connectivity index is -0.0000000384. The average Bonchev–Trinajstić information content (AvgIpc) is 2.71. The highest BCUT2D eigenvalue weighted by molar-refractivity contribution is 4.47. The third-order valence-electron chi connectivity index (χ3n) is 2.57. The minimum Gasteiger partial charge on any atom is -0.329 e. The number of nitrogens with two attached hydrogens (primary N) is 8. The highest BCUT2D eigenvalue weighted by Gasteiger charge is 1.78. The van der Waals surface area contributed by atoms with Crippen molar-refractivity contribution in [3.8, 4) is 0 Å². The number of hydrogen-bond donors (Lipinski definition) is 12. The summed E-state index contributed by atoms with van der Waals surface area (Å²) in [6, 6.07) is 0. The molecule has 12 nitrogen and oxygen atoms in total. The molecule has 0 fully saturated rings. The van der Waals surface area contributed by atoms with Gasteiger partial charge in [-0.1, -0.05) is 29.7 Å². The second-order valence-corrected chi connectivity index (χ2v) is 5.31. The third-order valence-corrected chi connectivity index (χ3v) is 2.57. The lowest BCUT2D eigenvalue weighted by Gasteiger charge is -1.95. The van der Waals surface area contributed by atoms with Crippen LogP contribution in [0.1, 0.15) is 29.7 Å². The maximum Gasteiger partial charge on any atom is 0.00750 e. The predicted octanol–water partition coefficient (Wildman–Crippen LogP) is -3.48. The fourth-order valence-electron chi connectivity index (χ4n) is 1.32. The van der Waals surface area contributed by atoms with Gasteiger partial charge in [0.15, 0.2) is 0 Å². The Hall–Kier alpha value is -0.480. The zero-order valence-electron chi connectivity index (χ0n) is 17.9. The van der Waals surface area contributed by atoms with Crippen molar-refractivity contribution in [2.24, 2.45) is 45.9 Å². The van der Waals surface area contributed by atoms with E-state index in [1.165, 1.54) is 0 Å².